The van der Waals surface area contributed by atoms with Crippen LogP contribution in [0.25, 0.3) is 0 Å². The molecule has 0 aliphatic rings. The first kappa shape index (κ1) is 14.2. The predicted molar refractivity (Wildman–Crippen MR) is 52.8 cm³/mol. The first-order valence-corrected chi connectivity index (χ1v) is 5.47. The van der Waals surface area contributed by atoms with Gasteiger partial charge in [-0.3, -0.25) is 0 Å². The Balaban J connectivity index is 3.21. The topological polar surface area (TPSA) is 12.5 Å². The Labute approximate surface area is 90.5 Å². The molecular weight excluding hydrogens is 263 g/mol. The largest absolute Gasteiger partial charge is 0.411 e. The minimum Gasteiger partial charge on any atom is -0.372 e. The van der Waals surface area contributed by atoms with E-state index in [4.69, 9.17) is 0 Å². The van der Waals surface area contributed by atoms with Crippen LogP contribution in [0.1, 0.15) is 6.42 Å². The summed E-state index contributed by atoms with van der Waals surface area (Å²) in [5.41, 5.74) is 0. The predicted octanol–water partition coefficient (Wildman–Crippen LogP) is 2.28. The molecular formula is C8H15BrF3NO. The van der Waals surface area contributed by atoms with Crippen molar-refractivity contribution in [3.8, 4) is 0 Å². The van der Waals surface area contributed by atoms with Crippen LogP contribution in [0.3, 0.4) is 0 Å². The van der Waals surface area contributed by atoms with Crippen molar-refractivity contribution in [2.24, 2.45) is 0 Å². The molecule has 0 fully saturated rings. The summed E-state index contributed by atoms with van der Waals surface area (Å²) in [6.45, 7) is 0.657. The van der Waals surface area contributed by atoms with Crippen molar-refractivity contribution in [3.63, 3.8) is 0 Å². The van der Waals surface area contributed by atoms with Crippen LogP contribution in [-0.4, -0.2) is 49.8 Å². The summed E-state index contributed by atoms with van der Waals surface area (Å²) in [6, 6.07) is 0. The van der Waals surface area contributed by atoms with Gasteiger partial charge >= 0.3 is 6.18 Å². The van der Waals surface area contributed by atoms with E-state index in [2.05, 4.69) is 20.7 Å². The first-order chi connectivity index (χ1) is 6.45. The van der Waals surface area contributed by atoms with Crippen LogP contribution < -0.4 is 0 Å². The summed E-state index contributed by atoms with van der Waals surface area (Å²) in [7, 11) is 1.92. The van der Waals surface area contributed by atoms with Gasteiger partial charge in [-0.1, -0.05) is 15.9 Å². The molecule has 0 aromatic rings. The van der Waals surface area contributed by atoms with Gasteiger partial charge in [0, 0.05) is 25.0 Å². The highest BCUT2D eigenvalue weighted by atomic mass is 79.9. The van der Waals surface area contributed by atoms with Gasteiger partial charge in [0.2, 0.25) is 0 Å². The summed E-state index contributed by atoms with van der Waals surface area (Å²) in [5.74, 6) is 0. The van der Waals surface area contributed by atoms with Crippen molar-refractivity contribution in [3.05, 3.63) is 0 Å². The maximum Gasteiger partial charge on any atom is 0.411 e. The Bertz CT molecular complexity index is 143. The molecule has 0 bridgehead atoms. The Hall–Kier alpha value is 0.190. The van der Waals surface area contributed by atoms with E-state index in [0.717, 1.165) is 18.4 Å². The lowest BCUT2D eigenvalue weighted by atomic mass is 10.4. The number of rotatable bonds is 7. The fourth-order valence-corrected chi connectivity index (χ4v) is 1.49. The molecule has 0 radical (unpaired) electrons. The smallest absolute Gasteiger partial charge is 0.372 e. The maximum absolute atomic E-state index is 11.6. The van der Waals surface area contributed by atoms with Crippen LogP contribution >= 0.6 is 15.9 Å². The van der Waals surface area contributed by atoms with Crippen molar-refractivity contribution >= 4 is 15.9 Å². The lowest BCUT2D eigenvalue weighted by Crippen LogP contribution is -2.24. The van der Waals surface area contributed by atoms with Crippen molar-refractivity contribution in [2.45, 2.75) is 12.6 Å². The molecule has 0 unspecified atom stereocenters. The molecule has 86 valence electrons. The van der Waals surface area contributed by atoms with Gasteiger partial charge in [0.25, 0.3) is 0 Å². The van der Waals surface area contributed by atoms with Gasteiger partial charge in [0.05, 0.1) is 0 Å². The van der Waals surface area contributed by atoms with Crippen LogP contribution in [0.2, 0.25) is 0 Å². The lowest BCUT2D eigenvalue weighted by molar-refractivity contribution is -0.174. The molecule has 0 saturated heterocycles. The van der Waals surface area contributed by atoms with E-state index in [9.17, 15) is 13.2 Å². The van der Waals surface area contributed by atoms with E-state index in [1.807, 2.05) is 11.9 Å². The zero-order valence-corrected chi connectivity index (χ0v) is 9.70. The molecule has 14 heavy (non-hydrogen) atoms. The zero-order valence-electron chi connectivity index (χ0n) is 8.11. The average molecular weight is 278 g/mol. The molecule has 0 saturated carbocycles. The summed E-state index contributed by atoms with van der Waals surface area (Å²) in [5, 5.41) is 0.868. The van der Waals surface area contributed by atoms with Gasteiger partial charge in [-0.05, 0) is 13.5 Å². The van der Waals surface area contributed by atoms with Crippen molar-refractivity contribution in [1.82, 2.24) is 4.90 Å². The Morgan fingerprint density at radius 3 is 2.43 bits per heavy atom. The number of nitrogens with zero attached hydrogens (tertiary/aromatic N) is 1. The normalized spacial score (nSPS) is 12.4. The molecule has 6 heteroatoms. The Morgan fingerprint density at radius 1 is 1.29 bits per heavy atom. The molecule has 0 spiro atoms. The van der Waals surface area contributed by atoms with Crippen LogP contribution in [0.15, 0.2) is 0 Å². The van der Waals surface area contributed by atoms with Crippen molar-refractivity contribution < 1.29 is 17.9 Å². The Morgan fingerprint density at radius 2 is 1.93 bits per heavy atom. The molecule has 0 aromatic heterocycles. The summed E-state index contributed by atoms with van der Waals surface area (Å²) < 4.78 is 39.3. The molecule has 0 aromatic carbocycles. The second kappa shape index (κ2) is 7.48. The van der Waals surface area contributed by atoms with Crippen molar-refractivity contribution in [2.75, 3.05) is 38.7 Å². The van der Waals surface area contributed by atoms with E-state index in [1.54, 1.807) is 0 Å². The van der Waals surface area contributed by atoms with Gasteiger partial charge < -0.3 is 9.64 Å². The number of hydrogen-bond acceptors (Lipinski definition) is 2. The fraction of sp³-hybridized carbons (Fsp3) is 1.00. The quantitative estimate of drug-likeness (QED) is 0.523. The molecule has 0 amide bonds. The second-order valence-electron chi connectivity index (χ2n) is 3.01. The van der Waals surface area contributed by atoms with E-state index < -0.39 is 12.8 Å². The van der Waals surface area contributed by atoms with Gasteiger partial charge in [0.1, 0.15) is 6.61 Å². The monoisotopic (exact) mass is 277 g/mol. The second-order valence-corrected chi connectivity index (χ2v) is 3.81. The number of hydrogen-bond donors (Lipinski definition) is 0. The lowest BCUT2D eigenvalue weighted by Gasteiger charge is -2.14. The van der Waals surface area contributed by atoms with Gasteiger partial charge in [-0.25, -0.2) is 0 Å². The molecule has 0 N–H and O–H groups in total. The highest BCUT2D eigenvalue weighted by Crippen LogP contribution is 2.14. The third kappa shape index (κ3) is 10.3. The third-order valence-electron chi connectivity index (χ3n) is 1.56. The maximum atomic E-state index is 11.6. The zero-order chi connectivity index (χ0) is 11.0. The molecule has 0 aliphatic carbocycles. The fourth-order valence-electron chi connectivity index (χ4n) is 0.881. The number of alkyl halides is 4. The average Bonchev–Trinajstić information content (AvgIpc) is 2.02. The Kier molecular flexibility index (Phi) is 7.58. The van der Waals surface area contributed by atoms with Crippen LogP contribution in [0.4, 0.5) is 13.2 Å². The molecule has 0 rings (SSSR count). The highest BCUT2D eigenvalue weighted by molar-refractivity contribution is 9.09. The van der Waals surface area contributed by atoms with Crippen LogP contribution in [0.5, 0.6) is 0 Å². The SMILES string of the molecule is CN(CCBr)CCCOCC(F)(F)F. The highest BCUT2D eigenvalue weighted by Gasteiger charge is 2.27. The van der Waals surface area contributed by atoms with Crippen LogP contribution in [-0.2, 0) is 4.74 Å². The van der Waals surface area contributed by atoms with Gasteiger partial charge in [-0.2, -0.15) is 13.2 Å². The molecule has 0 heterocycles. The van der Waals surface area contributed by atoms with Gasteiger partial charge in [0.15, 0.2) is 0 Å². The van der Waals surface area contributed by atoms with E-state index in [1.165, 1.54) is 0 Å². The minimum atomic E-state index is -4.21. The van der Waals surface area contributed by atoms with Gasteiger partial charge in [-0.15, -0.1) is 0 Å². The first-order valence-electron chi connectivity index (χ1n) is 4.34. The standard InChI is InChI=1S/C8H15BrF3NO/c1-13(5-3-9)4-2-6-14-7-8(10,11)12/h2-7H2,1H3. The summed E-state index contributed by atoms with van der Waals surface area (Å²) in [6.07, 6.45) is -3.58. The molecule has 0 atom stereocenters. The minimum absolute atomic E-state index is 0.159. The number of ether oxygens (including phenoxy) is 1. The molecule has 0 aliphatic heterocycles. The summed E-state index contributed by atoms with van der Waals surface area (Å²) >= 11 is 3.28. The van der Waals surface area contributed by atoms with Crippen LogP contribution in [0, 0.1) is 0 Å². The van der Waals surface area contributed by atoms with Crippen molar-refractivity contribution in [1.29, 1.82) is 0 Å². The van der Waals surface area contributed by atoms with E-state index in [-0.39, 0.29) is 6.61 Å². The third-order valence-corrected chi connectivity index (χ3v) is 1.92. The summed E-state index contributed by atoms with van der Waals surface area (Å²) in [4.78, 5) is 2.03. The van der Waals surface area contributed by atoms with E-state index in [0.29, 0.717) is 6.42 Å². The van der Waals surface area contributed by atoms with E-state index >= 15 is 0 Å². The number of halogens is 4. The molecule has 2 nitrogen and oxygen atoms in total.